The van der Waals surface area contributed by atoms with E-state index < -0.39 is 0 Å². The number of hydrogen-bond donors (Lipinski definition) is 0. The van der Waals surface area contributed by atoms with E-state index in [-0.39, 0.29) is 12.1 Å². The minimum Gasteiger partial charge on any atom is -0.497 e. The summed E-state index contributed by atoms with van der Waals surface area (Å²) in [5.74, 6) is 2.93. The first-order valence-electron chi connectivity index (χ1n) is 8.01. The zero-order valence-electron chi connectivity index (χ0n) is 12.8. The molecule has 21 heavy (non-hydrogen) atoms. The Balaban J connectivity index is 1.79. The first-order valence-corrected chi connectivity index (χ1v) is 10.1. The van der Waals surface area contributed by atoms with Crippen LogP contribution in [0.5, 0.6) is 0 Å². The molecule has 0 N–H and O–H groups in total. The molecule has 1 saturated carbocycles. The van der Waals surface area contributed by atoms with Crippen molar-refractivity contribution >= 4 is 29.5 Å². The highest BCUT2D eigenvalue weighted by Crippen LogP contribution is 2.39. The van der Waals surface area contributed by atoms with Gasteiger partial charge in [-0.25, -0.2) is 4.79 Å². The number of carbonyl (C=O) groups excluding carboxylic acids is 1. The summed E-state index contributed by atoms with van der Waals surface area (Å²) in [5, 5.41) is 0. The fourth-order valence-corrected chi connectivity index (χ4v) is 5.99. The van der Waals surface area contributed by atoms with E-state index in [1.807, 2.05) is 6.92 Å². The maximum Gasteiger partial charge on any atom is 0.333 e. The highest BCUT2D eigenvalue weighted by atomic mass is 32.2. The summed E-state index contributed by atoms with van der Waals surface area (Å²) in [4.78, 5) is 11.3. The van der Waals surface area contributed by atoms with Crippen LogP contribution in [0.3, 0.4) is 0 Å². The molecule has 0 amide bonds. The van der Waals surface area contributed by atoms with Gasteiger partial charge in [0.25, 0.3) is 0 Å². The van der Waals surface area contributed by atoms with Crippen molar-refractivity contribution in [2.75, 3.05) is 18.1 Å². The van der Waals surface area contributed by atoms with Crippen LogP contribution >= 0.6 is 23.5 Å². The third kappa shape index (κ3) is 6.15. The van der Waals surface area contributed by atoms with Crippen molar-refractivity contribution in [1.29, 1.82) is 0 Å². The molecule has 2 aliphatic rings. The van der Waals surface area contributed by atoms with Crippen LogP contribution in [0.1, 0.15) is 45.4 Å². The number of carbonyl (C=O) groups is 1. The lowest BCUT2D eigenvalue weighted by Crippen LogP contribution is -2.29. The quantitative estimate of drug-likeness (QED) is 0.414. The molecule has 2 fully saturated rings. The smallest absolute Gasteiger partial charge is 0.333 e. The monoisotopic (exact) mass is 330 g/mol. The highest BCUT2D eigenvalue weighted by molar-refractivity contribution is 8.17. The lowest BCUT2D eigenvalue weighted by atomic mass is 9.84. The average Bonchev–Trinajstić information content (AvgIpc) is 2.50. The molecule has 5 heteroatoms. The van der Waals surface area contributed by atoms with E-state index >= 15 is 0 Å². The van der Waals surface area contributed by atoms with Crippen LogP contribution in [0.15, 0.2) is 12.3 Å². The second-order valence-corrected chi connectivity index (χ2v) is 8.45. The van der Waals surface area contributed by atoms with Gasteiger partial charge >= 0.3 is 5.97 Å². The third-order valence-electron chi connectivity index (χ3n) is 3.97. The zero-order valence-corrected chi connectivity index (χ0v) is 14.4. The molecule has 2 atom stereocenters. The Bertz CT molecular complexity index is 340. The van der Waals surface area contributed by atoms with E-state index in [4.69, 9.17) is 9.47 Å². The summed E-state index contributed by atoms with van der Waals surface area (Å²) in [6, 6.07) is 0. The molecule has 1 aliphatic carbocycles. The molecule has 0 aromatic rings. The van der Waals surface area contributed by atoms with E-state index in [1.165, 1.54) is 49.7 Å². The van der Waals surface area contributed by atoms with Gasteiger partial charge < -0.3 is 9.47 Å². The van der Waals surface area contributed by atoms with Gasteiger partial charge in [0, 0.05) is 0 Å². The van der Waals surface area contributed by atoms with Crippen molar-refractivity contribution in [1.82, 2.24) is 0 Å². The summed E-state index contributed by atoms with van der Waals surface area (Å²) >= 11 is 4.22. The molecule has 2 rings (SSSR count). The summed E-state index contributed by atoms with van der Waals surface area (Å²) in [5.41, 5.74) is 0. The van der Waals surface area contributed by atoms with Gasteiger partial charge in [0.2, 0.25) is 0 Å². The van der Waals surface area contributed by atoms with Crippen molar-refractivity contribution in [3.05, 3.63) is 12.3 Å². The summed E-state index contributed by atoms with van der Waals surface area (Å²) < 4.78 is 11.5. The van der Waals surface area contributed by atoms with Gasteiger partial charge in [0.05, 0.1) is 23.5 Å². The van der Waals surface area contributed by atoms with E-state index in [2.05, 4.69) is 23.5 Å². The highest BCUT2D eigenvalue weighted by Gasteiger charge is 2.29. The first kappa shape index (κ1) is 17.1. The molecular formula is C16H26O3S2. The molecular weight excluding hydrogens is 304 g/mol. The summed E-state index contributed by atoms with van der Waals surface area (Å²) in [7, 11) is 0. The maximum absolute atomic E-state index is 11.3. The molecule has 120 valence electrons. The molecule has 0 unspecified atom stereocenters. The summed E-state index contributed by atoms with van der Waals surface area (Å²) in [6.07, 6.45) is 10.7. The fraction of sp³-hybridized carbons (Fsp3) is 0.812. The Morgan fingerprint density at radius 1 is 1.19 bits per heavy atom. The van der Waals surface area contributed by atoms with Crippen LogP contribution in [0.4, 0.5) is 0 Å². The van der Waals surface area contributed by atoms with Gasteiger partial charge in [-0.05, 0) is 56.5 Å². The minimum absolute atomic E-state index is 0.271. The van der Waals surface area contributed by atoms with Crippen LogP contribution in [0, 0.1) is 5.92 Å². The summed E-state index contributed by atoms with van der Waals surface area (Å²) in [6.45, 7) is 2.22. The van der Waals surface area contributed by atoms with Gasteiger partial charge in [-0.2, -0.15) is 0 Å². The second kappa shape index (κ2) is 9.67. The van der Waals surface area contributed by atoms with Gasteiger partial charge in [0.15, 0.2) is 0 Å². The van der Waals surface area contributed by atoms with E-state index in [0.29, 0.717) is 12.5 Å². The minimum atomic E-state index is -0.316. The topological polar surface area (TPSA) is 35.5 Å². The standard InChI is InChI=1S/C16H26O3S2/c1-2-18-15(17)8-9-19-14-7-4-3-6-13(14)12-16-20-10-5-11-21-16/h8-9,13-14,16H,2-7,10-12H2,1H3/b9-8+/t13-,14+/m0/s1. The Kier molecular flexibility index (Phi) is 7.86. The van der Waals surface area contributed by atoms with Crippen molar-refractivity contribution in [3.63, 3.8) is 0 Å². The second-order valence-electron chi connectivity index (χ2n) is 5.53. The largest absolute Gasteiger partial charge is 0.497 e. The molecule has 0 aromatic heterocycles. The van der Waals surface area contributed by atoms with Gasteiger partial charge in [-0.1, -0.05) is 6.42 Å². The zero-order chi connectivity index (χ0) is 14.9. The normalized spacial score (nSPS) is 27.7. The van der Waals surface area contributed by atoms with Crippen LogP contribution in [0.25, 0.3) is 0 Å². The van der Waals surface area contributed by atoms with E-state index in [9.17, 15) is 4.79 Å². The lowest BCUT2D eigenvalue weighted by molar-refractivity contribution is -0.137. The average molecular weight is 331 g/mol. The number of hydrogen-bond acceptors (Lipinski definition) is 5. The van der Waals surface area contributed by atoms with Crippen LogP contribution in [0.2, 0.25) is 0 Å². The number of esters is 1. The third-order valence-corrected chi connectivity index (χ3v) is 6.97. The van der Waals surface area contributed by atoms with E-state index in [0.717, 1.165) is 11.0 Å². The Morgan fingerprint density at radius 3 is 2.71 bits per heavy atom. The Morgan fingerprint density at radius 2 is 1.95 bits per heavy atom. The first-order chi connectivity index (χ1) is 10.3. The van der Waals surface area contributed by atoms with E-state index in [1.54, 1.807) is 6.26 Å². The molecule has 1 aliphatic heterocycles. The molecule has 1 saturated heterocycles. The molecule has 3 nitrogen and oxygen atoms in total. The molecule has 1 heterocycles. The number of ether oxygens (including phenoxy) is 2. The molecule has 0 radical (unpaired) electrons. The van der Waals surface area contributed by atoms with Crippen LogP contribution < -0.4 is 0 Å². The van der Waals surface area contributed by atoms with Crippen LogP contribution in [-0.4, -0.2) is 34.8 Å². The van der Waals surface area contributed by atoms with Crippen molar-refractivity contribution < 1.29 is 14.3 Å². The van der Waals surface area contributed by atoms with Gasteiger partial charge in [-0.15, -0.1) is 23.5 Å². The van der Waals surface area contributed by atoms with Gasteiger partial charge in [0.1, 0.15) is 6.10 Å². The van der Waals surface area contributed by atoms with Gasteiger partial charge in [-0.3, -0.25) is 0 Å². The number of thioether (sulfide) groups is 2. The Hall–Kier alpha value is -0.290. The van der Waals surface area contributed by atoms with Crippen molar-refractivity contribution in [2.24, 2.45) is 5.92 Å². The number of rotatable bonds is 6. The molecule has 0 aromatic carbocycles. The SMILES string of the molecule is CCOC(=O)/C=C/O[C@@H]1CCCC[C@H]1CC1SCCCS1. The maximum atomic E-state index is 11.3. The fourth-order valence-electron chi connectivity index (χ4n) is 2.93. The molecule has 0 bridgehead atoms. The van der Waals surface area contributed by atoms with Crippen molar-refractivity contribution in [2.45, 2.75) is 56.1 Å². The lowest BCUT2D eigenvalue weighted by Gasteiger charge is -2.34. The van der Waals surface area contributed by atoms with Crippen LogP contribution in [-0.2, 0) is 14.3 Å². The van der Waals surface area contributed by atoms with Crippen molar-refractivity contribution in [3.8, 4) is 0 Å². The Labute approximate surface area is 136 Å². The molecule has 0 spiro atoms. The predicted molar refractivity (Wildman–Crippen MR) is 90.5 cm³/mol. The predicted octanol–water partition coefficient (Wildman–Crippen LogP) is 4.22.